The monoisotopic (exact) mass is 378 g/mol. The second-order valence-corrected chi connectivity index (χ2v) is 6.45. The number of anilines is 1. The average Bonchev–Trinajstić information content (AvgIpc) is 3.19. The molecule has 28 heavy (non-hydrogen) atoms. The minimum absolute atomic E-state index is 0.0880. The van der Waals surface area contributed by atoms with E-state index in [2.05, 4.69) is 10.6 Å². The lowest BCUT2D eigenvalue weighted by atomic mass is 10.1. The maximum atomic E-state index is 12.1. The number of carbonyl (C=O) groups is 2. The minimum atomic E-state index is -0.269. The highest BCUT2D eigenvalue weighted by Gasteiger charge is 2.09. The van der Waals surface area contributed by atoms with Crippen LogP contribution in [0.2, 0.25) is 0 Å². The van der Waals surface area contributed by atoms with Gasteiger partial charge in [0.15, 0.2) is 6.61 Å². The number of hydrogen-bond acceptors (Lipinski definition) is 4. The molecule has 0 atom stereocenters. The molecule has 1 heterocycles. The lowest BCUT2D eigenvalue weighted by Crippen LogP contribution is -2.23. The molecule has 2 N–H and O–H groups in total. The van der Waals surface area contributed by atoms with Gasteiger partial charge in [-0.2, -0.15) is 0 Å². The van der Waals surface area contributed by atoms with Crippen LogP contribution in [0.25, 0.3) is 0 Å². The molecule has 0 saturated carbocycles. The number of furan rings is 1. The molecule has 0 bridgehead atoms. The van der Waals surface area contributed by atoms with Gasteiger partial charge in [0, 0.05) is 11.3 Å². The van der Waals surface area contributed by atoms with E-state index in [4.69, 9.17) is 9.15 Å². The molecule has 0 saturated heterocycles. The van der Waals surface area contributed by atoms with Crippen LogP contribution in [-0.4, -0.2) is 18.4 Å². The minimum Gasteiger partial charge on any atom is -0.483 e. The highest BCUT2D eigenvalue weighted by Crippen LogP contribution is 2.18. The van der Waals surface area contributed by atoms with Gasteiger partial charge in [0.1, 0.15) is 11.5 Å². The lowest BCUT2D eigenvalue weighted by Gasteiger charge is -2.10. The number of carbonyl (C=O) groups excluding carboxylic acids is 2. The van der Waals surface area contributed by atoms with Crippen LogP contribution in [-0.2, 0) is 11.3 Å². The van der Waals surface area contributed by atoms with Crippen LogP contribution in [0.1, 0.15) is 27.2 Å². The van der Waals surface area contributed by atoms with Gasteiger partial charge in [0.2, 0.25) is 0 Å². The number of hydrogen-bond donors (Lipinski definition) is 2. The van der Waals surface area contributed by atoms with Crippen LogP contribution in [0, 0.1) is 13.8 Å². The molecule has 2 amide bonds. The van der Waals surface area contributed by atoms with Gasteiger partial charge in [-0.25, -0.2) is 0 Å². The van der Waals surface area contributed by atoms with Crippen LogP contribution in [0.3, 0.4) is 0 Å². The standard InChI is InChI=1S/C22H22N2O4/c1-15-5-10-20(16(2)12-15)28-14-21(25)24-18-8-6-17(7-9-18)22(26)23-13-19-4-3-11-27-19/h3-12H,13-14H2,1-2H3,(H,23,26)(H,24,25). The van der Waals surface area contributed by atoms with Crippen molar-refractivity contribution in [1.82, 2.24) is 5.32 Å². The number of aryl methyl sites for hydroxylation is 2. The summed E-state index contributed by atoms with van der Waals surface area (Å²) in [6, 6.07) is 16.0. The Hall–Kier alpha value is -3.54. The Kier molecular flexibility index (Phi) is 6.11. The lowest BCUT2D eigenvalue weighted by molar-refractivity contribution is -0.118. The summed E-state index contributed by atoms with van der Waals surface area (Å²) < 4.78 is 10.7. The van der Waals surface area contributed by atoms with Crippen molar-refractivity contribution >= 4 is 17.5 Å². The second-order valence-electron chi connectivity index (χ2n) is 6.45. The molecular weight excluding hydrogens is 356 g/mol. The molecule has 0 aliphatic heterocycles. The van der Waals surface area contributed by atoms with E-state index in [1.807, 2.05) is 32.0 Å². The topological polar surface area (TPSA) is 80.6 Å². The zero-order valence-electron chi connectivity index (χ0n) is 15.8. The molecule has 2 aromatic carbocycles. The SMILES string of the molecule is Cc1ccc(OCC(=O)Nc2ccc(C(=O)NCc3ccco3)cc2)c(C)c1. The summed E-state index contributed by atoms with van der Waals surface area (Å²) in [5, 5.41) is 5.52. The van der Waals surface area contributed by atoms with Crippen molar-refractivity contribution in [1.29, 1.82) is 0 Å². The second kappa shape index (κ2) is 8.90. The molecular formula is C22H22N2O4. The maximum absolute atomic E-state index is 12.1. The third-order valence-electron chi connectivity index (χ3n) is 4.12. The molecule has 1 aromatic heterocycles. The zero-order chi connectivity index (χ0) is 19.9. The van der Waals surface area contributed by atoms with Gasteiger partial charge >= 0.3 is 0 Å². The molecule has 144 valence electrons. The van der Waals surface area contributed by atoms with E-state index < -0.39 is 0 Å². The molecule has 0 fully saturated rings. The highest BCUT2D eigenvalue weighted by atomic mass is 16.5. The third kappa shape index (κ3) is 5.23. The predicted octanol–water partition coefficient (Wildman–Crippen LogP) is 3.84. The van der Waals surface area contributed by atoms with E-state index in [-0.39, 0.29) is 18.4 Å². The van der Waals surface area contributed by atoms with Crippen LogP contribution in [0.4, 0.5) is 5.69 Å². The maximum Gasteiger partial charge on any atom is 0.262 e. The summed E-state index contributed by atoms with van der Waals surface area (Å²) in [7, 11) is 0. The first-order valence-electron chi connectivity index (χ1n) is 8.92. The number of amides is 2. The molecule has 0 aliphatic carbocycles. The number of benzene rings is 2. The summed E-state index contributed by atoms with van der Waals surface area (Å²) in [5.41, 5.74) is 3.22. The van der Waals surface area contributed by atoms with E-state index in [1.165, 1.54) is 0 Å². The van der Waals surface area contributed by atoms with Crippen molar-refractivity contribution in [3.05, 3.63) is 83.3 Å². The third-order valence-corrected chi connectivity index (χ3v) is 4.12. The van der Waals surface area contributed by atoms with Gasteiger partial charge in [0.05, 0.1) is 12.8 Å². The van der Waals surface area contributed by atoms with Gasteiger partial charge in [-0.1, -0.05) is 17.7 Å². The van der Waals surface area contributed by atoms with Crippen molar-refractivity contribution in [3.63, 3.8) is 0 Å². The van der Waals surface area contributed by atoms with E-state index in [0.717, 1.165) is 11.1 Å². The number of rotatable bonds is 7. The Morgan fingerprint density at radius 3 is 2.50 bits per heavy atom. The average molecular weight is 378 g/mol. The number of ether oxygens (including phenoxy) is 1. The number of nitrogens with one attached hydrogen (secondary N) is 2. The van der Waals surface area contributed by atoms with Crippen LogP contribution < -0.4 is 15.4 Å². The largest absolute Gasteiger partial charge is 0.483 e. The van der Waals surface area contributed by atoms with Crippen LogP contribution in [0.15, 0.2) is 65.3 Å². The van der Waals surface area contributed by atoms with E-state index in [0.29, 0.717) is 29.3 Å². The van der Waals surface area contributed by atoms with Gasteiger partial charge in [-0.3, -0.25) is 9.59 Å². The molecule has 0 radical (unpaired) electrons. The fraction of sp³-hybridized carbons (Fsp3) is 0.182. The predicted molar refractivity (Wildman–Crippen MR) is 106 cm³/mol. The first-order chi connectivity index (χ1) is 13.5. The Morgan fingerprint density at radius 1 is 1.04 bits per heavy atom. The van der Waals surface area contributed by atoms with Crippen molar-refractivity contribution < 1.29 is 18.7 Å². The summed E-state index contributed by atoms with van der Waals surface area (Å²) >= 11 is 0. The fourth-order valence-electron chi connectivity index (χ4n) is 2.69. The van der Waals surface area contributed by atoms with Gasteiger partial charge in [-0.15, -0.1) is 0 Å². The normalized spacial score (nSPS) is 10.4. The Labute approximate surface area is 163 Å². The summed E-state index contributed by atoms with van der Waals surface area (Å²) in [4.78, 5) is 24.2. The Bertz CT molecular complexity index is 947. The molecule has 0 aliphatic rings. The molecule has 6 nitrogen and oxygen atoms in total. The van der Waals surface area contributed by atoms with Crippen LogP contribution in [0.5, 0.6) is 5.75 Å². The van der Waals surface area contributed by atoms with Crippen molar-refractivity contribution in [2.24, 2.45) is 0 Å². The van der Waals surface area contributed by atoms with Crippen molar-refractivity contribution in [3.8, 4) is 5.75 Å². The van der Waals surface area contributed by atoms with Gasteiger partial charge < -0.3 is 19.8 Å². The van der Waals surface area contributed by atoms with E-state index in [9.17, 15) is 9.59 Å². The molecule has 0 spiro atoms. The van der Waals surface area contributed by atoms with Crippen LogP contribution >= 0.6 is 0 Å². The summed E-state index contributed by atoms with van der Waals surface area (Å²) in [6.07, 6.45) is 1.56. The van der Waals surface area contributed by atoms with E-state index in [1.54, 1.807) is 42.7 Å². The molecule has 3 aromatic rings. The molecule has 3 rings (SSSR count). The molecule has 0 unspecified atom stereocenters. The highest BCUT2D eigenvalue weighted by molar-refractivity contribution is 5.96. The molecule has 6 heteroatoms. The fourth-order valence-corrected chi connectivity index (χ4v) is 2.69. The Balaban J connectivity index is 1.49. The summed E-state index contributed by atoms with van der Waals surface area (Å²) in [5.74, 6) is 0.882. The first kappa shape index (κ1) is 19.2. The first-order valence-corrected chi connectivity index (χ1v) is 8.92. The van der Waals surface area contributed by atoms with Crippen molar-refractivity contribution in [2.75, 3.05) is 11.9 Å². The smallest absolute Gasteiger partial charge is 0.262 e. The van der Waals surface area contributed by atoms with Crippen molar-refractivity contribution in [2.45, 2.75) is 20.4 Å². The van der Waals surface area contributed by atoms with E-state index >= 15 is 0 Å². The zero-order valence-corrected chi connectivity index (χ0v) is 15.8. The van der Waals surface area contributed by atoms with Gasteiger partial charge in [-0.05, 0) is 61.9 Å². The Morgan fingerprint density at radius 2 is 1.82 bits per heavy atom. The summed E-state index contributed by atoms with van der Waals surface area (Å²) in [6.45, 7) is 4.18. The van der Waals surface area contributed by atoms with Gasteiger partial charge in [0.25, 0.3) is 11.8 Å². The quantitative estimate of drug-likeness (QED) is 0.654.